The molecule has 5 aromatic rings. The Balaban J connectivity index is 1.48. The van der Waals surface area contributed by atoms with Gasteiger partial charge >= 0.3 is 5.97 Å². The molecule has 6 rings (SSSR count). The van der Waals surface area contributed by atoms with Crippen LogP contribution in [0.3, 0.4) is 0 Å². The molecule has 0 bridgehead atoms. The number of ether oxygens (including phenoxy) is 4. The molecule has 0 radical (unpaired) electrons. The molecule has 252 valence electrons. The van der Waals surface area contributed by atoms with Crippen molar-refractivity contribution in [2.45, 2.75) is 46.4 Å². The minimum atomic E-state index is -0.809. The Bertz CT molecular complexity index is 2290. The molecule has 0 saturated heterocycles. The van der Waals surface area contributed by atoms with E-state index in [1.807, 2.05) is 56.3 Å². The van der Waals surface area contributed by atoms with Gasteiger partial charge in [0.1, 0.15) is 12.4 Å². The van der Waals surface area contributed by atoms with Crippen LogP contribution in [0.2, 0.25) is 0 Å². The highest BCUT2D eigenvalue weighted by Gasteiger charge is 2.34. The molecular formula is C38H34Br2N2O6S. The number of rotatable bonds is 10. The van der Waals surface area contributed by atoms with Crippen LogP contribution in [0.4, 0.5) is 0 Å². The molecule has 11 heteroatoms. The van der Waals surface area contributed by atoms with Crippen molar-refractivity contribution in [3.63, 3.8) is 0 Å². The maximum absolute atomic E-state index is 14.4. The van der Waals surface area contributed by atoms with E-state index < -0.39 is 12.0 Å². The molecule has 8 nitrogen and oxygen atoms in total. The summed E-state index contributed by atoms with van der Waals surface area (Å²) in [6.07, 6.45) is 1.73. The summed E-state index contributed by atoms with van der Waals surface area (Å²) in [6, 6.07) is 22.8. The molecule has 2 heterocycles. The number of carbonyl (C=O) groups is 1. The summed E-state index contributed by atoms with van der Waals surface area (Å²) in [5.74, 6) is 1.10. The normalized spacial score (nSPS) is 14.5. The Kier molecular flexibility index (Phi) is 10.4. The SMILES string of the molecule is CCOC(=O)C1=C(C)N=c2s/c(=C/c3cc(Br)cc(Br)c3OCc3cccc4ccccc34)c(=O)n2[C@H]1c1ccc(OC(C)C)c(OC)c1. The van der Waals surface area contributed by atoms with Crippen LogP contribution in [-0.2, 0) is 16.1 Å². The topological polar surface area (TPSA) is 88.4 Å². The van der Waals surface area contributed by atoms with Crippen molar-refractivity contribution in [1.29, 1.82) is 0 Å². The lowest BCUT2D eigenvalue weighted by molar-refractivity contribution is -0.139. The van der Waals surface area contributed by atoms with Crippen LogP contribution < -0.4 is 29.1 Å². The number of hydrogen-bond acceptors (Lipinski definition) is 8. The van der Waals surface area contributed by atoms with E-state index in [-0.39, 0.29) is 23.8 Å². The van der Waals surface area contributed by atoms with Crippen LogP contribution in [0, 0.1) is 0 Å². The third-order valence-corrected chi connectivity index (χ3v) is 9.99. The van der Waals surface area contributed by atoms with E-state index in [9.17, 15) is 9.59 Å². The second kappa shape index (κ2) is 14.7. The molecule has 1 aliphatic heterocycles. The van der Waals surface area contributed by atoms with E-state index >= 15 is 0 Å². The Morgan fingerprint density at radius 2 is 1.82 bits per heavy atom. The van der Waals surface area contributed by atoms with Crippen LogP contribution in [0.25, 0.3) is 16.8 Å². The number of thiazole rings is 1. The van der Waals surface area contributed by atoms with Gasteiger partial charge in [-0.05, 0) is 95.9 Å². The van der Waals surface area contributed by atoms with Gasteiger partial charge < -0.3 is 18.9 Å². The molecular weight excluding hydrogens is 772 g/mol. The van der Waals surface area contributed by atoms with Crippen LogP contribution in [0.1, 0.15) is 50.4 Å². The van der Waals surface area contributed by atoms with Gasteiger partial charge in [-0.25, -0.2) is 9.79 Å². The van der Waals surface area contributed by atoms with E-state index in [0.29, 0.717) is 50.0 Å². The molecule has 0 unspecified atom stereocenters. The Labute approximate surface area is 304 Å². The Hall–Kier alpha value is -4.19. The molecule has 0 spiro atoms. The molecule has 1 aromatic heterocycles. The predicted octanol–water partition coefficient (Wildman–Crippen LogP) is 7.85. The standard InChI is InChI=1S/C38H34Br2N2O6S/c1-6-46-37(44)33-22(4)41-38-42(34(33)24-14-15-30(48-21(2)3)31(17-24)45-5)36(43)32(49-38)18-26-16-27(39)19-29(40)35(26)47-20-25-12-9-11-23-10-7-8-13-28(23)25/h7-19,21,34H,6,20H2,1-5H3/b32-18+/t34-/m0/s1. The zero-order valence-corrected chi connectivity index (χ0v) is 31.6. The molecule has 1 atom stereocenters. The lowest BCUT2D eigenvalue weighted by Crippen LogP contribution is -2.40. The maximum Gasteiger partial charge on any atom is 0.338 e. The number of benzene rings is 4. The lowest BCUT2D eigenvalue weighted by Gasteiger charge is -2.25. The van der Waals surface area contributed by atoms with E-state index in [0.717, 1.165) is 25.3 Å². The first-order valence-corrected chi connectivity index (χ1v) is 18.1. The van der Waals surface area contributed by atoms with Crippen molar-refractivity contribution in [1.82, 2.24) is 4.57 Å². The van der Waals surface area contributed by atoms with Crippen LogP contribution in [0.5, 0.6) is 17.2 Å². The highest BCUT2D eigenvalue weighted by molar-refractivity contribution is 9.11. The minimum absolute atomic E-state index is 0.0753. The second-order valence-corrected chi connectivity index (χ2v) is 14.4. The first-order chi connectivity index (χ1) is 23.6. The molecule has 49 heavy (non-hydrogen) atoms. The zero-order chi connectivity index (χ0) is 34.8. The smallest absolute Gasteiger partial charge is 0.338 e. The summed E-state index contributed by atoms with van der Waals surface area (Å²) in [7, 11) is 1.56. The number of esters is 1. The number of methoxy groups -OCH3 is 1. The van der Waals surface area contributed by atoms with Crippen LogP contribution in [0.15, 0.2) is 103 Å². The number of fused-ring (bicyclic) bond motifs is 2. The van der Waals surface area contributed by atoms with Crippen LogP contribution >= 0.6 is 43.2 Å². The maximum atomic E-state index is 14.4. The van der Waals surface area contributed by atoms with Crippen molar-refractivity contribution in [3.05, 3.63) is 129 Å². The number of halogens is 2. The highest BCUT2D eigenvalue weighted by atomic mass is 79.9. The molecule has 0 saturated carbocycles. The third-order valence-electron chi connectivity index (χ3n) is 7.96. The third kappa shape index (κ3) is 7.11. The van der Waals surface area contributed by atoms with Crippen molar-refractivity contribution in [2.24, 2.45) is 4.99 Å². The molecule has 0 fully saturated rings. The van der Waals surface area contributed by atoms with E-state index in [2.05, 4.69) is 50.1 Å². The van der Waals surface area contributed by atoms with Gasteiger partial charge in [-0.3, -0.25) is 9.36 Å². The number of hydrogen-bond donors (Lipinski definition) is 0. The fraction of sp³-hybridized carbons (Fsp3) is 0.237. The van der Waals surface area contributed by atoms with Crippen molar-refractivity contribution >= 4 is 66.0 Å². The summed E-state index contributed by atoms with van der Waals surface area (Å²) in [5.41, 5.74) is 2.84. The van der Waals surface area contributed by atoms with Gasteiger partial charge in [-0.15, -0.1) is 0 Å². The number of carbonyl (C=O) groups excluding carboxylic acids is 1. The van der Waals surface area contributed by atoms with E-state index in [1.54, 1.807) is 43.7 Å². The number of nitrogens with zero attached hydrogens (tertiary/aromatic N) is 2. The van der Waals surface area contributed by atoms with Gasteiger partial charge in [-0.1, -0.05) is 75.8 Å². The fourth-order valence-corrected chi connectivity index (χ4v) is 8.27. The lowest BCUT2D eigenvalue weighted by atomic mass is 9.95. The van der Waals surface area contributed by atoms with Crippen molar-refractivity contribution in [3.8, 4) is 17.2 Å². The summed E-state index contributed by atoms with van der Waals surface area (Å²) < 4.78 is 27.0. The molecule has 0 aliphatic carbocycles. The number of allylic oxidation sites excluding steroid dienone is 1. The summed E-state index contributed by atoms with van der Waals surface area (Å²) in [4.78, 5) is 33.0. The van der Waals surface area contributed by atoms with Gasteiger partial charge in [0.15, 0.2) is 16.3 Å². The first kappa shape index (κ1) is 34.7. The van der Waals surface area contributed by atoms with Crippen molar-refractivity contribution < 1.29 is 23.7 Å². The quantitative estimate of drug-likeness (QED) is 0.134. The molecule has 0 amide bonds. The summed E-state index contributed by atoms with van der Waals surface area (Å²) >= 11 is 8.52. The fourth-order valence-electron chi connectivity index (χ4n) is 5.86. The first-order valence-electron chi connectivity index (χ1n) is 15.7. The van der Waals surface area contributed by atoms with E-state index in [4.69, 9.17) is 23.9 Å². The Morgan fingerprint density at radius 1 is 1.04 bits per heavy atom. The molecule has 4 aromatic carbocycles. The largest absolute Gasteiger partial charge is 0.493 e. The highest BCUT2D eigenvalue weighted by Crippen LogP contribution is 2.37. The van der Waals surface area contributed by atoms with Gasteiger partial charge in [0.25, 0.3) is 5.56 Å². The average Bonchev–Trinajstić information content (AvgIpc) is 3.37. The zero-order valence-electron chi connectivity index (χ0n) is 27.6. The Morgan fingerprint density at radius 3 is 2.57 bits per heavy atom. The molecule has 1 aliphatic rings. The average molecular weight is 807 g/mol. The van der Waals surface area contributed by atoms with E-state index in [1.165, 1.54) is 11.3 Å². The van der Waals surface area contributed by atoms with Gasteiger partial charge in [0.2, 0.25) is 0 Å². The number of aromatic nitrogens is 1. The minimum Gasteiger partial charge on any atom is -0.493 e. The van der Waals surface area contributed by atoms with Gasteiger partial charge in [0.05, 0.1) is 46.1 Å². The molecule has 0 N–H and O–H groups in total. The predicted molar refractivity (Wildman–Crippen MR) is 199 cm³/mol. The summed E-state index contributed by atoms with van der Waals surface area (Å²) in [5, 5.41) is 2.24. The van der Waals surface area contributed by atoms with Crippen molar-refractivity contribution in [2.75, 3.05) is 13.7 Å². The van der Waals surface area contributed by atoms with Crippen LogP contribution in [-0.4, -0.2) is 30.4 Å². The van der Waals surface area contributed by atoms with Gasteiger partial charge in [0, 0.05) is 10.0 Å². The summed E-state index contributed by atoms with van der Waals surface area (Å²) in [6.45, 7) is 7.87. The van der Waals surface area contributed by atoms with Gasteiger partial charge in [-0.2, -0.15) is 0 Å². The second-order valence-electron chi connectivity index (χ2n) is 11.6. The monoisotopic (exact) mass is 804 g/mol.